The lowest BCUT2D eigenvalue weighted by atomic mass is 10.2. The third kappa shape index (κ3) is 5.23. The van der Waals surface area contributed by atoms with Crippen LogP contribution in [0.3, 0.4) is 0 Å². The van der Waals surface area contributed by atoms with Crippen molar-refractivity contribution in [2.75, 3.05) is 0 Å². The molecule has 0 saturated heterocycles. The fourth-order valence-electron chi connectivity index (χ4n) is 2.61. The molecule has 0 aliphatic rings. The number of benzene rings is 2. The summed E-state index contributed by atoms with van der Waals surface area (Å²) >= 11 is 11.4. The van der Waals surface area contributed by atoms with Crippen LogP contribution in [0.1, 0.15) is 18.2 Å². The lowest BCUT2D eigenvalue weighted by Crippen LogP contribution is -1.97. The van der Waals surface area contributed by atoms with Crippen LogP contribution in [0.4, 0.5) is 0 Å². The van der Waals surface area contributed by atoms with E-state index in [1.807, 2.05) is 6.92 Å². The average molecular weight is 435 g/mol. The van der Waals surface area contributed by atoms with Gasteiger partial charge in [-0.2, -0.15) is 5.10 Å². The summed E-state index contributed by atoms with van der Waals surface area (Å²) in [7, 11) is 1.77. The fraction of sp³-hybridized carbons (Fsp3) is 0.190. The summed E-state index contributed by atoms with van der Waals surface area (Å²) in [5.74, 6) is 3.44. The second-order valence-electron chi connectivity index (χ2n) is 6.22. The van der Waals surface area contributed by atoms with Gasteiger partial charge in [0.2, 0.25) is 5.88 Å². The minimum absolute atomic E-state index is 0.0834. The van der Waals surface area contributed by atoms with Gasteiger partial charge in [0.15, 0.2) is 0 Å². The van der Waals surface area contributed by atoms with E-state index in [-0.39, 0.29) is 11.1 Å². The molecule has 1 N–H and O–H groups in total. The van der Waals surface area contributed by atoms with E-state index < -0.39 is 0 Å². The molecule has 6 nitrogen and oxygen atoms in total. The van der Waals surface area contributed by atoms with Crippen molar-refractivity contribution >= 4 is 23.2 Å². The first-order valence-electron chi connectivity index (χ1n) is 8.76. The third-order valence-corrected chi connectivity index (χ3v) is 4.61. The highest BCUT2D eigenvalue weighted by Gasteiger charge is 2.14. The first-order chi connectivity index (χ1) is 13.9. The number of hydrogen-bond donors (Lipinski definition) is 1. The minimum atomic E-state index is -0.137. The highest BCUT2D eigenvalue weighted by molar-refractivity contribution is 6.56. The molecule has 0 atom stereocenters. The molecule has 0 fully saturated rings. The van der Waals surface area contributed by atoms with Crippen molar-refractivity contribution in [1.29, 1.82) is 0 Å². The second kappa shape index (κ2) is 9.22. The van der Waals surface area contributed by atoms with Gasteiger partial charge < -0.3 is 19.3 Å². The van der Waals surface area contributed by atoms with Gasteiger partial charge >= 0.3 is 0 Å². The van der Waals surface area contributed by atoms with Crippen LogP contribution in [0.15, 0.2) is 58.8 Å². The number of ether oxygens (including phenoxy) is 3. The molecule has 3 aromatic rings. The predicted molar refractivity (Wildman–Crippen MR) is 112 cm³/mol. The summed E-state index contributed by atoms with van der Waals surface area (Å²) in [5.41, 5.74) is 1.40. The highest BCUT2D eigenvalue weighted by Crippen LogP contribution is 2.30. The molecular weight excluding hydrogens is 415 g/mol. The van der Waals surface area contributed by atoms with E-state index in [2.05, 4.69) is 5.10 Å². The number of halogens is 2. The van der Waals surface area contributed by atoms with Gasteiger partial charge in [-0.3, -0.25) is 0 Å². The van der Waals surface area contributed by atoms with E-state index >= 15 is 0 Å². The van der Waals surface area contributed by atoms with E-state index in [0.29, 0.717) is 40.2 Å². The first kappa shape index (κ1) is 21.0. The van der Waals surface area contributed by atoms with E-state index in [1.54, 1.807) is 67.2 Å². The van der Waals surface area contributed by atoms with Gasteiger partial charge in [-0.05, 0) is 62.4 Å². The third-order valence-electron chi connectivity index (χ3n) is 4.08. The molecule has 0 saturated carbocycles. The lowest BCUT2D eigenvalue weighted by molar-refractivity contribution is 0.274. The maximum atomic E-state index is 9.52. The molecule has 8 heteroatoms. The van der Waals surface area contributed by atoms with Crippen molar-refractivity contribution in [1.82, 2.24) is 9.78 Å². The molecule has 152 valence electrons. The number of aryl methyl sites for hydroxylation is 2. The Morgan fingerprint density at radius 3 is 1.90 bits per heavy atom. The van der Waals surface area contributed by atoms with Gasteiger partial charge in [-0.1, -0.05) is 23.2 Å². The molecule has 0 radical (unpaired) electrons. The minimum Gasteiger partial charge on any atom is -0.460 e. The lowest BCUT2D eigenvalue weighted by Gasteiger charge is -2.10. The molecule has 2 aromatic carbocycles. The zero-order valence-corrected chi connectivity index (χ0v) is 17.7. The summed E-state index contributed by atoms with van der Waals surface area (Å²) in [4.78, 5) is 0. The second-order valence-corrected chi connectivity index (χ2v) is 7.17. The van der Waals surface area contributed by atoms with Crippen molar-refractivity contribution in [3.8, 4) is 28.9 Å². The summed E-state index contributed by atoms with van der Waals surface area (Å²) in [6.07, 6.45) is 0. The number of aromatic nitrogens is 2. The van der Waals surface area contributed by atoms with Gasteiger partial charge in [0.25, 0.3) is 0 Å². The zero-order chi connectivity index (χ0) is 21.0. The van der Waals surface area contributed by atoms with Crippen LogP contribution in [0.25, 0.3) is 0 Å². The average Bonchev–Trinajstić information content (AvgIpc) is 2.97. The summed E-state index contributed by atoms with van der Waals surface area (Å²) in [6.45, 7) is 3.37. The van der Waals surface area contributed by atoms with Crippen LogP contribution in [0, 0.1) is 6.92 Å². The van der Waals surface area contributed by atoms with Crippen molar-refractivity contribution in [3.05, 3.63) is 70.0 Å². The van der Waals surface area contributed by atoms with E-state index in [9.17, 15) is 5.11 Å². The summed E-state index contributed by atoms with van der Waals surface area (Å²) in [6, 6.07) is 14.2. The number of hydrogen-bond acceptors (Lipinski definition) is 5. The number of aliphatic hydroxyl groups excluding tert-OH is 1. The highest BCUT2D eigenvalue weighted by atomic mass is 35.5. The topological polar surface area (TPSA) is 65.7 Å². The molecule has 0 aliphatic heterocycles. The van der Waals surface area contributed by atoms with Gasteiger partial charge in [-0.25, -0.2) is 4.68 Å². The molecule has 0 spiro atoms. The molecule has 0 amide bonds. The molecule has 0 aliphatic carbocycles. The standard InChI is InChI=1S/C21H20Cl2N2O4/c1-13-19(12-26)21(25(3)24-13)29-18-10-8-17(9-11-18)28-16-6-4-15(5-7-16)27-14(2)20(22)23/h4-11,26H,12H2,1-3H3. The van der Waals surface area contributed by atoms with E-state index in [4.69, 9.17) is 37.4 Å². The molecule has 0 bridgehead atoms. The smallest absolute Gasteiger partial charge is 0.223 e. The van der Waals surface area contributed by atoms with Crippen LogP contribution >= 0.6 is 23.2 Å². The first-order valence-corrected chi connectivity index (χ1v) is 9.52. The maximum absolute atomic E-state index is 9.52. The number of aliphatic hydroxyl groups is 1. The largest absolute Gasteiger partial charge is 0.460 e. The molecule has 3 rings (SSSR count). The Labute approximate surface area is 178 Å². The Bertz CT molecular complexity index is 1010. The van der Waals surface area contributed by atoms with E-state index in [0.717, 1.165) is 5.69 Å². The number of rotatable bonds is 7. The van der Waals surface area contributed by atoms with Gasteiger partial charge in [-0.15, -0.1) is 0 Å². The number of nitrogens with zero attached hydrogens (tertiary/aromatic N) is 2. The normalized spacial score (nSPS) is 10.6. The van der Waals surface area contributed by atoms with Crippen LogP contribution in [0.5, 0.6) is 28.9 Å². The van der Waals surface area contributed by atoms with Crippen LogP contribution < -0.4 is 14.2 Å². The Morgan fingerprint density at radius 1 is 0.931 bits per heavy atom. The Morgan fingerprint density at radius 2 is 1.41 bits per heavy atom. The fourth-order valence-corrected chi connectivity index (χ4v) is 2.68. The molecule has 1 heterocycles. The quantitative estimate of drug-likeness (QED) is 0.472. The number of allylic oxidation sites excluding steroid dienone is 1. The van der Waals surface area contributed by atoms with Crippen LogP contribution in [-0.4, -0.2) is 14.9 Å². The summed E-state index contributed by atoms with van der Waals surface area (Å²) in [5, 5.41) is 13.8. The van der Waals surface area contributed by atoms with Gasteiger partial charge in [0.05, 0.1) is 17.9 Å². The van der Waals surface area contributed by atoms with E-state index in [1.165, 1.54) is 0 Å². The van der Waals surface area contributed by atoms with Crippen LogP contribution in [-0.2, 0) is 13.7 Å². The monoisotopic (exact) mass is 434 g/mol. The maximum Gasteiger partial charge on any atom is 0.223 e. The Hall–Kier alpha value is -2.67. The SMILES string of the molecule is CC(Oc1ccc(Oc2ccc(Oc3c(CO)c(C)nn3C)cc2)cc1)=C(Cl)Cl. The Balaban J connectivity index is 1.66. The summed E-state index contributed by atoms with van der Waals surface area (Å²) < 4.78 is 18.9. The Kier molecular flexibility index (Phi) is 6.69. The van der Waals surface area contributed by atoms with Crippen molar-refractivity contribution in [2.45, 2.75) is 20.5 Å². The molecule has 1 aromatic heterocycles. The predicted octanol–water partition coefficient (Wildman–Crippen LogP) is 5.85. The zero-order valence-electron chi connectivity index (χ0n) is 16.1. The molecule has 29 heavy (non-hydrogen) atoms. The van der Waals surface area contributed by atoms with Crippen molar-refractivity contribution in [3.63, 3.8) is 0 Å². The van der Waals surface area contributed by atoms with Crippen molar-refractivity contribution < 1.29 is 19.3 Å². The molecular formula is C21H20Cl2N2O4. The van der Waals surface area contributed by atoms with Crippen molar-refractivity contribution in [2.24, 2.45) is 7.05 Å². The molecule has 0 unspecified atom stereocenters. The van der Waals surface area contributed by atoms with Gasteiger partial charge in [0, 0.05) is 7.05 Å². The van der Waals surface area contributed by atoms with Gasteiger partial charge in [0.1, 0.15) is 33.2 Å². The van der Waals surface area contributed by atoms with Crippen LogP contribution in [0.2, 0.25) is 0 Å².